The molecule has 0 bridgehead atoms. The van der Waals surface area contributed by atoms with Crippen LogP contribution >= 0.6 is 0 Å². The van der Waals surface area contributed by atoms with E-state index in [-0.39, 0.29) is 10.9 Å². The fraction of sp³-hybridized carbons (Fsp3) is 0.0714. The van der Waals surface area contributed by atoms with Gasteiger partial charge in [-0.1, -0.05) is 91.0 Å². The number of benzene rings is 4. The Bertz CT molecular complexity index is 1420. The smallest absolute Gasteiger partial charge is 0.257 e. The van der Waals surface area contributed by atoms with Gasteiger partial charge in [-0.25, -0.2) is 0 Å². The van der Waals surface area contributed by atoms with Gasteiger partial charge in [0.25, 0.3) is 10.0 Å². The van der Waals surface area contributed by atoms with Crippen LogP contribution in [-0.2, 0) is 10.0 Å². The third kappa shape index (κ3) is 4.67. The van der Waals surface area contributed by atoms with Crippen LogP contribution < -0.4 is 5.01 Å². The first-order valence-electron chi connectivity index (χ1n) is 11.0. The third-order valence-electron chi connectivity index (χ3n) is 5.74. The molecule has 0 amide bonds. The normalized spacial score (nSPS) is 16.1. The lowest BCUT2D eigenvalue weighted by molar-refractivity contribution is 0.598. The molecule has 0 fully saturated rings. The van der Waals surface area contributed by atoms with Crippen molar-refractivity contribution in [3.63, 3.8) is 0 Å². The number of hydrogen-bond acceptors (Lipinski definition) is 4. The predicted molar refractivity (Wildman–Crippen MR) is 137 cm³/mol. The van der Waals surface area contributed by atoms with Crippen LogP contribution in [0.1, 0.15) is 29.2 Å². The van der Waals surface area contributed by atoms with Crippen molar-refractivity contribution in [3.05, 3.63) is 132 Å². The van der Waals surface area contributed by atoms with Crippen LogP contribution in [0.3, 0.4) is 0 Å². The molecule has 1 atom stereocenters. The Labute approximate surface area is 199 Å². The Kier molecular flexibility index (Phi) is 6.06. The van der Waals surface area contributed by atoms with E-state index in [0.29, 0.717) is 0 Å². The molecule has 1 aliphatic heterocycles. The molecule has 5 rings (SSSR count). The minimum atomic E-state index is -3.79. The van der Waals surface area contributed by atoms with E-state index in [1.54, 1.807) is 24.3 Å². The second kappa shape index (κ2) is 9.45. The molecular weight excluding hydrogens is 442 g/mol. The average Bonchev–Trinajstić information content (AvgIpc) is 3.35. The van der Waals surface area contributed by atoms with Crippen molar-refractivity contribution in [2.24, 2.45) is 9.50 Å². The maximum absolute atomic E-state index is 12.7. The van der Waals surface area contributed by atoms with Crippen LogP contribution in [0, 0.1) is 0 Å². The second-order valence-electron chi connectivity index (χ2n) is 8.00. The summed E-state index contributed by atoms with van der Waals surface area (Å²) in [6.45, 7) is 0. The predicted octanol–water partition coefficient (Wildman–Crippen LogP) is 5.85. The second-order valence-corrected chi connectivity index (χ2v) is 9.63. The van der Waals surface area contributed by atoms with Gasteiger partial charge in [0.15, 0.2) is 0 Å². The maximum atomic E-state index is 12.7. The van der Waals surface area contributed by atoms with E-state index < -0.39 is 10.0 Å². The molecule has 168 valence electrons. The monoisotopic (exact) mass is 465 g/mol. The van der Waals surface area contributed by atoms with E-state index >= 15 is 0 Å². The van der Waals surface area contributed by atoms with Gasteiger partial charge < -0.3 is 0 Å². The molecule has 6 heteroatoms. The minimum absolute atomic E-state index is 0.0671. The largest absolute Gasteiger partial charge is 0.282 e. The van der Waals surface area contributed by atoms with Gasteiger partial charge in [0, 0.05) is 12.6 Å². The third-order valence-corrected chi connectivity index (χ3v) is 6.99. The highest BCUT2D eigenvalue weighted by molar-refractivity contribution is 7.90. The van der Waals surface area contributed by atoms with Crippen LogP contribution in [0.25, 0.3) is 0 Å². The van der Waals surface area contributed by atoms with E-state index in [0.717, 1.165) is 28.9 Å². The van der Waals surface area contributed by atoms with Crippen molar-refractivity contribution in [3.8, 4) is 0 Å². The number of rotatable bonds is 6. The first kappa shape index (κ1) is 21.8. The van der Waals surface area contributed by atoms with Crippen LogP contribution in [0.15, 0.2) is 130 Å². The molecule has 0 aliphatic carbocycles. The first-order chi connectivity index (χ1) is 16.6. The van der Waals surface area contributed by atoms with Crippen molar-refractivity contribution < 1.29 is 8.42 Å². The van der Waals surface area contributed by atoms with Gasteiger partial charge in [-0.3, -0.25) is 5.01 Å². The van der Waals surface area contributed by atoms with E-state index in [1.165, 1.54) is 11.8 Å². The summed E-state index contributed by atoms with van der Waals surface area (Å²) >= 11 is 0. The Hall–Kier alpha value is -4.03. The Balaban J connectivity index is 1.42. The van der Waals surface area contributed by atoms with E-state index in [9.17, 15) is 8.42 Å². The van der Waals surface area contributed by atoms with Crippen molar-refractivity contribution in [1.29, 1.82) is 0 Å². The number of nitrogens with zero attached hydrogens (tertiary/aromatic N) is 3. The molecule has 1 unspecified atom stereocenters. The summed E-state index contributed by atoms with van der Waals surface area (Å²) in [5, 5.41) is 6.97. The lowest BCUT2D eigenvalue weighted by Gasteiger charge is -2.23. The van der Waals surface area contributed by atoms with Gasteiger partial charge in [0.2, 0.25) is 0 Å². The molecule has 0 N–H and O–H groups in total. The highest BCUT2D eigenvalue weighted by atomic mass is 32.2. The fourth-order valence-corrected chi connectivity index (χ4v) is 4.85. The van der Waals surface area contributed by atoms with E-state index in [4.69, 9.17) is 5.10 Å². The average molecular weight is 466 g/mol. The lowest BCUT2D eigenvalue weighted by Crippen LogP contribution is -2.18. The zero-order valence-corrected chi connectivity index (χ0v) is 19.2. The molecule has 4 aromatic carbocycles. The Morgan fingerprint density at radius 3 is 2.00 bits per heavy atom. The number of hydrazone groups is 1. The van der Waals surface area contributed by atoms with Gasteiger partial charge in [-0.05, 0) is 41.0 Å². The summed E-state index contributed by atoms with van der Waals surface area (Å²) in [5.74, 6) is 0. The maximum Gasteiger partial charge on any atom is 0.282 e. The molecular formula is C28H23N3O2S. The molecule has 0 radical (unpaired) electrons. The fourth-order valence-electron chi connectivity index (χ4n) is 3.99. The van der Waals surface area contributed by atoms with Crippen molar-refractivity contribution in [2.45, 2.75) is 17.4 Å². The summed E-state index contributed by atoms with van der Waals surface area (Å²) in [6.07, 6.45) is 2.09. The van der Waals surface area contributed by atoms with E-state index in [2.05, 4.69) is 16.5 Å². The summed E-state index contributed by atoms with van der Waals surface area (Å²) in [6, 6.07) is 36.4. The van der Waals surface area contributed by atoms with Gasteiger partial charge in [-0.15, -0.1) is 0 Å². The van der Waals surface area contributed by atoms with Crippen molar-refractivity contribution in [2.75, 3.05) is 5.01 Å². The standard InChI is InChI=1S/C28H23N3O2S/c32-34(33,29-21-22-10-4-1-5-11-22)26-18-16-23(17-19-26)27-20-28(24-12-6-2-7-13-24)31(30-27)25-14-8-3-9-15-25/h1-19,21,28H,20H2/b29-21+. The summed E-state index contributed by atoms with van der Waals surface area (Å²) in [5.41, 5.74) is 4.73. The summed E-state index contributed by atoms with van der Waals surface area (Å²) in [7, 11) is -3.79. The molecule has 5 nitrogen and oxygen atoms in total. The Morgan fingerprint density at radius 2 is 1.35 bits per heavy atom. The molecule has 0 aromatic heterocycles. The van der Waals surface area contributed by atoms with Crippen LogP contribution in [-0.4, -0.2) is 20.3 Å². The number of hydrogen-bond donors (Lipinski definition) is 0. The molecule has 0 spiro atoms. The van der Waals surface area contributed by atoms with Crippen LogP contribution in [0.2, 0.25) is 0 Å². The van der Waals surface area contributed by atoms with Gasteiger partial charge in [-0.2, -0.15) is 17.9 Å². The SMILES string of the molecule is O=S(=O)(/N=C/c1ccccc1)c1ccc(C2=NN(c3ccccc3)C(c3ccccc3)C2)cc1. The quantitative estimate of drug-likeness (QED) is 0.336. The van der Waals surface area contributed by atoms with Crippen LogP contribution in [0.5, 0.6) is 0 Å². The highest BCUT2D eigenvalue weighted by Crippen LogP contribution is 2.36. The summed E-state index contributed by atoms with van der Waals surface area (Å²) < 4.78 is 29.2. The number of sulfonamides is 1. The molecule has 1 aliphatic rings. The zero-order valence-electron chi connectivity index (χ0n) is 18.4. The van der Waals surface area contributed by atoms with Gasteiger partial charge >= 0.3 is 0 Å². The number of anilines is 1. The van der Waals surface area contributed by atoms with Gasteiger partial charge in [0.1, 0.15) is 0 Å². The van der Waals surface area contributed by atoms with Gasteiger partial charge in [0.05, 0.1) is 22.3 Å². The van der Waals surface area contributed by atoms with Crippen LogP contribution in [0.4, 0.5) is 5.69 Å². The molecule has 0 saturated heterocycles. The number of para-hydroxylation sites is 1. The molecule has 1 heterocycles. The molecule has 4 aromatic rings. The molecule has 34 heavy (non-hydrogen) atoms. The lowest BCUT2D eigenvalue weighted by atomic mass is 9.98. The molecule has 0 saturated carbocycles. The highest BCUT2D eigenvalue weighted by Gasteiger charge is 2.29. The van der Waals surface area contributed by atoms with E-state index in [1.807, 2.05) is 83.9 Å². The minimum Gasteiger partial charge on any atom is -0.257 e. The Morgan fingerprint density at radius 1 is 0.765 bits per heavy atom. The zero-order chi connectivity index (χ0) is 23.4. The topological polar surface area (TPSA) is 62.1 Å². The summed E-state index contributed by atoms with van der Waals surface area (Å²) in [4.78, 5) is 0.154. The first-order valence-corrected chi connectivity index (χ1v) is 12.5. The van der Waals surface area contributed by atoms with Crippen molar-refractivity contribution in [1.82, 2.24) is 0 Å². The van der Waals surface area contributed by atoms with Crippen molar-refractivity contribution >= 4 is 27.6 Å².